The summed E-state index contributed by atoms with van der Waals surface area (Å²) in [4.78, 5) is 4.29. The minimum Gasteiger partial charge on any atom is -0.376 e. The number of nitrogens with zero attached hydrogens (tertiary/aromatic N) is 3. The lowest BCUT2D eigenvalue weighted by molar-refractivity contribution is 0.120. The van der Waals surface area contributed by atoms with E-state index in [0.717, 1.165) is 59.8 Å². The van der Waals surface area contributed by atoms with E-state index in [0.29, 0.717) is 0 Å². The Hall–Kier alpha value is -2.53. The van der Waals surface area contributed by atoms with Crippen molar-refractivity contribution in [3.05, 3.63) is 48.3 Å². The molecule has 0 spiro atoms. The molecule has 2 fully saturated rings. The fraction of sp³-hybridized carbons (Fsp3) is 0.381. The predicted octanol–water partition coefficient (Wildman–Crippen LogP) is 4.16. The SMILES string of the molecule is c1cc2c(-c3ccc(C4CC4)cc3)nnc(NC[C@@H]3CCCO3)c2cn1. The van der Waals surface area contributed by atoms with E-state index in [4.69, 9.17) is 4.74 Å². The summed E-state index contributed by atoms with van der Waals surface area (Å²) in [6.45, 7) is 1.62. The quantitative estimate of drug-likeness (QED) is 0.752. The number of hydrogen-bond donors (Lipinski definition) is 1. The summed E-state index contributed by atoms with van der Waals surface area (Å²) in [5.41, 5.74) is 3.44. The second-order valence-corrected chi connectivity index (χ2v) is 7.23. The average molecular weight is 346 g/mol. The number of nitrogens with one attached hydrogen (secondary N) is 1. The van der Waals surface area contributed by atoms with E-state index >= 15 is 0 Å². The Morgan fingerprint density at radius 1 is 1.00 bits per heavy atom. The summed E-state index contributed by atoms with van der Waals surface area (Å²) in [6, 6.07) is 10.8. The van der Waals surface area contributed by atoms with E-state index in [1.54, 1.807) is 0 Å². The molecule has 0 unspecified atom stereocenters. The number of ether oxygens (including phenoxy) is 1. The van der Waals surface area contributed by atoms with Gasteiger partial charge in [0.05, 0.1) is 6.10 Å². The zero-order valence-corrected chi connectivity index (χ0v) is 14.7. The molecule has 3 aromatic rings. The lowest BCUT2D eigenvalue weighted by Gasteiger charge is -2.14. The van der Waals surface area contributed by atoms with Gasteiger partial charge in [-0.3, -0.25) is 4.98 Å². The van der Waals surface area contributed by atoms with E-state index in [9.17, 15) is 0 Å². The number of hydrogen-bond acceptors (Lipinski definition) is 5. The molecule has 1 aliphatic carbocycles. The van der Waals surface area contributed by atoms with Gasteiger partial charge >= 0.3 is 0 Å². The largest absolute Gasteiger partial charge is 0.376 e. The predicted molar refractivity (Wildman–Crippen MR) is 102 cm³/mol. The number of fused-ring (bicyclic) bond motifs is 1. The van der Waals surface area contributed by atoms with Crippen molar-refractivity contribution in [1.29, 1.82) is 0 Å². The van der Waals surface area contributed by atoms with Crippen molar-refractivity contribution >= 4 is 16.6 Å². The van der Waals surface area contributed by atoms with Gasteiger partial charge in [-0.05, 0) is 43.2 Å². The molecular formula is C21H22N4O. The van der Waals surface area contributed by atoms with E-state index in [-0.39, 0.29) is 6.10 Å². The zero-order chi connectivity index (χ0) is 17.3. The molecule has 0 bridgehead atoms. The Bertz CT molecular complexity index is 915. The summed E-state index contributed by atoms with van der Waals surface area (Å²) < 4.78 is 5.69. The average Bonchev–Trinajstić information content (AvgIpc) is 3.42. The monoisotopic (exact) mass is 346 g/mol. The van der Waals surface area contributed by atoms with E-state index in [2.05, 4.69) is 44.8 Å². The minimum absolute atomic E-state index is 0.262. The fourth-order valence-corrected chi connectivity index (χ4v) is 3.69. The molecule has 1 aromatic carbocycles. The highest BCUT2D eigenvalue weighted by molar-refractivity contribution is 5.99. The van der Waals surface area contributed by atoms with Crippen LogP contribution in [-0.4, -0.2) is 34.4 Å². The smallest absolute Gasteiger partial charge is 0.158 e. The molecule has 0 amide bonds. The number of rotatable bonds is 5. The van der Waals surface area contributed by atoms with Crippen LogP contribution in [0.15, 0.2) is 42.7 Å². The van der Waals surface area contributed by atoms with Crippen LogP contribution in [0.1, 0.15) is 37.2 Å². The maximum atomic E-state index is 5.69. The Morgan fingerprint density at radius 2 is 1.88 bits per heavy atom. The first-order valence-electron chi connectivity index (χ1n) is 9.45. The van der Waals surface area contributed by atoms with Crippen molar-refractivity contribution in [1.82, 2.24) is 15.2 Å². The van der Waals surface area contributed by atoms with E-state index in [1.807, 2.05) is 18.5 Å². The topological polar surface area (TPSA) is 59.9 Å². The lowest BCUT2D eigenvalue weighted by atomic mass is 10.0. The van der Waals surface area contributed by atoms with Crippen molar-refractivity contribution < 1.29 is 4.74 Å². The van der Waals surface area contributed by atoms with Gasteiger partial charge in [-0.1, -0.05) is 24.3 Å². The van der Waals surface area contributed by atoms with Crippen LogP contribution in [0.25, 0.3) is 22.0 Å². The van der Waals surface area contributed by atoms with Gasteiger partial charge in [0.1, 0.15) is 5.69 Å². The Labute approximate surface area is 152 Å². The highest BCUT2D eigenvalue weighted by Crippen LogP contribution is 2.40. The maximum absolute atomic E-state index is 5.69. The van der Waals surface area contributed by atoms with Gasteiger partial charge < -0.3 is 10.1 Å². The number of anilines is 1. The van der Waals surface area contributed by atoms with Gasteiger partial charge in [0.15, 0.2) is 5.82 Å². The number of pyridine rings is 1. The van der Waals surface area contributed by atoms with E-state index in [1.165, 1.54) is 18.4 Å². The van der Waals surface area contributed by atoms with Crippen LogP contribution in [0.2, 0.25) is 0 Å². The molecule has 1 saturated carbocycles. The first-order valence-corrected chi connectivity index (χ1v) is 9.45. The third-order valence-electron chi connectivity index (χ3n) is 5.34. The van der Waals surface area contributed by atoms with Gasteiger partial charge in [-0.25, -0.2) is 0 Å². The van der Waals surface area contributed by atoms with Crippen LogP contribution >= 0.6 is 0 Å². The van der Waals surface area contributed by atoms with Crippen LogP contribution in [0.3, 0.4) is 0 Å². The van der Waals surface area contributed by atoms with Crippen LogP contribution in [0.5, 0.6) is 0 Å². The molecule has 5 nitrogen and oxygen atoms in total. The molecular weight excluding hydrogens is 324 g/mol. The van der Waals surface area contributed by atoms with Crippen molar-refractivity contribution in [2.45, 2.75) is 37.7 Å². The third-order valence-corrected chi connectivity index (χ3v) is 5.34. The first kappa shape index (κ1) is 15.7. The molecule has 5 heteroatoms. The highest BCUT2D eigenvalue weighted by Gasteiger charge is 2.23. The second-order valence-electron chi connectivity index (χ2n) is 7.23. The van der Waals surface area contributed by atoms with Gasteiger partial charge in [-0.15, -0.1) is 10.2 Å². The lowest BCUT2D eigenvalue weighted by Crippen LogP contribution is -2.19. The second kappa shape index (κ2) is 6.65. The van der Waals surface area contributed by atoms with Crippen molar-refractivity contribution in [3.63, 3.8) is 0 Å². The van der Waals surface area contributed by atoms with Crippen LogP contribution in [0, 0.1) is 0 Å². The summed E-state index contributed by atoms with van der Waals surface area (Å²) in [7, 11) is 0. The summed E-state index contributed by atoms with van der Waals surface area (Å²) in [5, 5.41) is 14.5. The molecule has 132 valence electrons. The number of aromatic nitrogens is 3. The molecule has 1 saturated heterocycles. The summed E-state index contributed by atoms with van der Waals surface area (Å²) >= 11 is 0. The number of benzene rings is 1. The van der Waals surface area contributed by atoms with Crippen LogP contribution in [-0.2, 0) is 4.74 Å². The maximum Gasteiger partial charge on any atom is 0.158 e. The molecule has 1 atom stereocenters. The Kier molecular flexibility index (Phi) is 4.02. The van der Waals surface area contributed by atoms with Gasteiger partial charge in [0, 0.05) is 41.9 Å². The molecule has 3 heterocycles. The fourth-order valence-electron chi connectivity index (χ4n) is 3.69. The van der Waals surface area contributed by atoms with E-state index < -0.39 is 0 Å². The molecule has 2 aliphatic rings. The Balaban J connectivity index is 1.47. The van der Waals surface area contributed by atoms with Gasteiger partial charge in [-0.2, -0.15) is 0 Å². The molecule has 5 rings (SSSR count). The zero-order valence-electron chi connectivity index (χ0n) is 14.7. The van der Waals surface area contributed by atoms with Crippen LogP contribution in [0.4, 0.5) is 5.82 Å². The standard InChI is InChI=1S/C21H22N4O/c1-2-17(26-11-1)12-23-21-19-13-22-10-9-18(19)20(24-25-21)16-7-5-15(6-8-16)14-3-4-14/h5-10,13-14,17H,1-4,11-12H2,(H,23,25)/t17-/m0/s1. The van der Waals surface area contributed by atoms with Gasteiger partial charge in [0.25, 0.3) is 0 Å². The van der Waals surface area contributed by atoms with Gasteiger partial charge in [0.2, 0.25) is 0 Å². The first-order chi connectivity index (χ1) is 12.9. The normalized spacial score (nSPS) is 19.8. The Morgan fingerprint density at radius 3 is 2.65 bits per heavy atom. The van der Waals surface area contributed by atoms with Crippen molar-refractivity contribution in [2.24, 2.45) is 0 Å². The molecule has 1 N–H and O–H groups in total. The highest BCUT2D eigenvalue weighted by atomic mass is 16.5. The third kappa shape index (κ3) is 3.03. The van der Waals surface area contributed by atoms with Crippen LogP contribution < -0.4 is 5.32 Å². The molecule has 0 radical (unpaired) electrons. The molecule has 2 aromatic heterocycles. The minimum atomic E-state index is 0.262. The van der Waals surface area contributed by atoms with Crippen molar-refractivity contribution in [3.8, 4) is 11.3 Å². The molecule has 1 aliphatic heterocycles. The van der Waals surface area contributed by atoms with Crippen molar-refractivity contribution in [2.75, 3.05) is 18.5 Å². The molecule has 26 heavy (non-hydrogen) atoms. The summed E-state index contributed by atoms with van der Waals surface area (Å²) in [5.74, 6) is 1.54. The summed E-state index contributed by atoms with van der Waals surface area (Å²) in [6.07, 6.45) is 8.81.